The number of aryl methyl sites for hydroxylation is 1. The highest BCUT2D eigenvalue weighted by Crippen LogP contribution is 2.30. The van der Waals surface area contributed by atoms with E-state index in [1.54, 1.807) is 13.0 Å². The Bertz CT molecular complexity index is 744. The van der Waals surface area contributed by atoms with Gasteiger partial charge in [-0.3, -0.25) is 4.79 Å². The molecule has 0 atom stereocenters. The number of thiophene rings is 1. The molecule has 1 amide bonds. The number of hydrogen-bond acceptors (Lipinski definition) is 5. The number of alkyl halides is 2. The number of amides is 1. The Morgan fingerprint density at radius 3 is 2.44 bits per heavy atom. The van der Waals surface area contributed by atoms with E-state index in [-0.39, 0.29) is 17.9 Å². The smallest absolute Gasteiger partial charge is 0.387 e. The lowest BCUT2D eigenvalue weighted by Gasteiger charge is -2.07. The van der Waals surface area contributed by atoms with E-state index in [1.807, 2.05) is 6.92 Å². The van der Waals surface area contributed by atoms with E-state index in [2.05, 4.69) is 10.1 Å². The van der Waals surface area contributed by atoms with Crippen LogP contribution in [0.1, 0.15) is 39.4 Å². The predicted octanol–water partition coefficient (Wildman–Crippen LogP) is 4.34. The van der Waals surface area contributed by atoms with E-state index in [9.17, 15) is 18.4 Å². The molecule has 0 radical (unpaired) electrons. The molecule has 25 heavy (non-hydrogen) atoms. The lowest BCUT2D eigenvalue weighted by molar-refractivity contribution is -0.0498. The zero-order chi connectivity index (χ0) is 18.4. The van der Waals surface area contributed by atoms with Gasteiger partial charge in [0.1, 0.15) is 10.8 Å². The van der Waals surface area contributed by atoms with Crippen LogP contribution in [0, 0.1) is 0 Å². The number of carbonyl (C=O) groups is 2. The van der Waals surface area contributed by atoms with Crippen LogP contribution in [0.25, 0.3) is 0 Å². The molecule has 0 spiro atoms. The summed E-state index contributed by atoms with van der Waals surface area (Å²) >= 11 is 1.29. The molecule has 2 aromatic rings. The van der Waals surface area contributed by atoms with Gasteiger partial charge in [-0.05, 0) is 43.7 Å². The molecule has 1 aromatic heterocycles. The molecule has 0 aliphatic carbocycles. The van der Waals surface area contributed by atoms with Crippen LogP contribution < -0.4 is 10.1 Å². The molecule has 1 heterocycles. The van der Waals surface area contributed by atoms with Gasteiger partial charge in [-0.25, -0.2) is 4.79 Å². The molecule has 8 heteroatoms. The number of carbonyl (C=O) groups excluding carboxylic acids is 2. The SMILES string of the molecule is CCOC(=O)c1cc(CC)sc1NC(=O)c1ccc(OC(F)F)cc1. The van der Waals surface area contributed by atoms with Gasteiger partial charge in [0.15, 0.2) is 0 Å². The lowest BCUT2D eigenvalue weighted by Crippen LogP contribution is -2.14. The van der Waals surface area contributed by atoms with Gasteiger partial charge in [-0.15, -0.1) is 11.3 Å². The van der Waals surface area contributed by atoms with Crippen molar-refractivity contribution in [2.24, 2.45) is 0 Å². The van der Waals surface area contributed by atoms with Crippen LogP contribution in [0.3, 0.4) is 0 Å². The normalized spacial score (nSPS) is 10.6. The fourth-order valence-electron chi connectivity index (χ4n) is 2.03. The molecular weight excluding hydrogens is 352 g/mol. The van der Waals surface area contributed by atoms with Crippen molar-refractivity contribution in [1.82, 2.24) is 0 Å². The Hall–Kier alpha value is -2.48. The molecule has 2 rings (SSSR count). The fourth-order valence-corrected chi connectivity index (χ4v) is 3.01. The Balaban J connectivity index is 2.16. The summed E-state index contributed by atoms with van der Waals surface area (Å²) in [6.45, 7) is 0.945. The van der Waals surface area contributed by atoms with Crippen LogP contribution in [-0.4, -0.2) is 25.1 Å². The second-order valence-electron chi connectivity index (χ2n) is 4.89. The highest BCUT2D eigenvalue weighted by Gasteiger charge is 2.19. The largest absolute Gasteiger partial charge is 0.462 e. The van der Waals surface area contributed by atoms with Crippen LogP contribution in [0.15, 0.2) is 30.3 Å². The number of esters is 1. The molecular formula is C17H17F2NO4S. The summed E-state index contributed by atoms with van der Waals surface area (Å²) in [5.41, 5.74) is 0.553. The molecule has 0 aliphatic rings. The monoisotopic (exact) mass is 369 g/mol. The van der Waals surface area contributed by atoms with Crippen molar-refractivity contribution in [2.45, 2.75) is 26.9 Å². The van der Waals surface area contributed by atoms with Crippen LogP contribution >= 0.6 is 11.3 Å². The van der Waals surface area contributed by atoms with Gasteiger partial charge in [-0.1, -0.05) is 6.92 Å². The minimum absolute atomic E-state index is 0.0387. The molecule has 0 saturated carbocycles. The summed E-state index contributed by atoms with van der Waals surface area (Å²) in [6, 6.07) is 6.98. The molecule has 0 unspecified atom stereocenters. The second kappa shape index (κ2) is 8.57. The third-order valence-electron chi connectivity index (χ3n) is 3.20. The Morgan fingerprint density at radius 2 is 1.88 bits per heavy atom. The first-order valence-electron chi connectivity index (χ1n) is 7.60. The minimum atomic E-state index is -2.93. The van der Waals surface area contributed by atoms with E-state index in [0.29, 0.717) is 17.0 Å². The van der Waals surface area contributed by atoms with Crippen molar-refractivity contribution >= 4 is 28.2 Å². The number of nitrogens with one attached hydrogen (secondary N) is 1. The topological polar surface area (TPSA) is 64.6 Å². The minimum Gasteiger partial charge on any atom is -0.462 e. The Labute approximate surface area is 147 Å². The van der Waals surface area contributed by atoms with Gasteiger partial charge in [0.05, 0.1) is 12.2 Å². The first-order valence-corrected chi connectivity index (χ1v) is 8.42. The molecule has 1 N–H and O–H groups in total. The summed E-state index contributed by atoms with van der Waals surface area (Å²) in [5, 5.41) is 3.07. The third kappa shape index (κ3) is 4.99. The molecule has 0 saturated heterocycles. The van der Waals surface area contributed by atoms with Gasteiger partial charge >= 0.3 is 12.6 Å². The predicted molar refractivity (Wildman–Crippen MR) is 90.7 cm³/mol. The van der Waals surface area contributed by atoms with Crippen LogP contribution in [-0.2, 0) is 11.2 Å². The van der Waals surface area contributed by atoms with Gasteiger partial charge in [-0.2, -0.15) is 8.78 Å². The summed E-state index contributed by atoms with van der Waals surface area (Å²) in [4.78, 5) is 25.3. The number of hydrogen-bond donors (Lipinski definition) is 1. The van der Waals surface area contributed by atoms with Crippen LogP contribution in [0.5, 0.6) is 5.75 Å². The van der Waals surface area contributed by atoms with Gasteiger partial charge in [0.25, 0.3) is 5.91 Å². The molecule has 1 aromatic carbocycles. The average Bonchev–Trinajstić information content (AvgIpc) is 2.98. The Morgan fingerprint density at radius 1 is 1.20 bits per heavy atom. The van der Waals surface area contributed by atoms with Crippen molar-refractivity contribution in [3.8, 4) is 5.75 Å². The first-order chi connectivity index (χ1) is 11.9. The summed E-state index contributed by atoms with van der Waals surface area (Å²) in [5.74, 6) is -1.00. The maximum absolute atomic E-state index is 12.3. The van der Waals surface area contributed by atoms with Crippen molar-refractivity contribution in [3.05, 3.63) is 46.3 Å². The van der Waals surface area contributed by atoms with Crippen molar-refractivity contribution in [1.29, 1.82) is 0 Å². The van der Waals surface area contributed by atoms with E-state index >= 15 is 0 Å². The second-order valence-corrected chi connectivity index (χ2v) is 6.02. The summed E-state index contributed by atoms with van der Waals surface area (Å²) in [6.07, 6.45) is 0.715. The van der Waals surface area contributed by atoms with Crippen molar-refractivity contribution < 1.29 is 27.8 Å². The number of ether oxygens (including phenoxy) is 2. The zero-order valence-corrected chi connectivity index (χ0v) is 14.5. The molecule has 0 fully saturated rings. The van der Waals surface area contributed by atoms with Gasteiger partial charge < -0.3 is 14.8 Å². The number of anilines is 1. The molecule has 0 aliphatic heterocycles. The fraction of sp³-hybridized carbons (Fsp3) is 0.294. The van der Waals surface area contributed by atoms with Gasteiger partial charge in [0, 0.05) is 10.4 Å². The van der Waals surface area contributed by atoms with Crippen molar-refractivity contribution in [2.75, 3.05) is 11.9 Å². The highest BCUT2D eigenvalue weighted by molar-refractivity contribution is 7.16. The maximum atomic E-state index is 12.3. The van der Waals surface area contributed by atoms with E-state index in [4.69, 9.17) is 4.74 Å². The quantitative estimate of drug-likeness (QED) is 0.738. The molecule has 5 nitrogen and oxygen atoms in total. The first kappa shape index (κ1) is 18.9. The highest BCUT2D eigenvalue weighted by atomic mass is 32.1. The van der Waals surface area contributed by atoms with Crippen LogP contribution in [0.2, 0.25) is 0 Å². The van der Waals surface area contributed by atoms with E-state index in [0.717, 1.165) is 4.88 Å². The van der Waals surface area contributed by atoms with Gasteiger partial charge in [0.2, 0.25) is 0 Å². The summed E-state index contributed by atoms with van der Waals surface area (Å²) in [7, 11) is 0. The van der Waals surface area contributed by atoms with E-state index < -0.39 is 18.5 Å². The Kier molecular flexibility index (Phi) is 6.46. The molecule has 0 bridgehead atoms. The zero-order valence-electron chi connectivity index (χ0n) is 13.7. The third-order valence-corrected chi connectivity index (χ3v) is 4.39. The number of halogens is 2. The molecule has 134 valence electrons. The van der Waals surface area contributed by atoms with Crippen molar-refractivity contribution in [3.63, 3.8) is 0 Å². The van der Waals surface area contributed by atoms with Crippen LogP contribution in [0.4, 0.5) is 13.8 Å². The average molecular weight is 369 g/mol. The number of benzene rings is 1. The number of rotatable bonds is 7. The van der Waals surface area contributed by atoms with E-state index in [1.165, 1.54) is 35.6 Å². The lowest BCUT2D eigenvalue weighted by atomic mass is 10.2. The summed E-state index contributed by atoms with van der Waals surface area (Å²) < 4.78 is 33.5. The maximum Gasteiger partial charge on any atom is 0.387 e. The standard InChI is InChI=1S/C17H17F2NO4S/c1-3-12-9-13(16(22)23-4-2)15(25-12)20-14(21)10-5-7-11(8-6-10)24-17(18)19/h5-9,17H,3-4H2,1-2H3,(H,20,21).